The monoisotopic (exact) mass is 220 g/mol. The van der Waals surface area contributed by atoms with Crippen molar-refractivity contribution >= 4 is 17.0 Å². The number of rotatable bonds is 3. The van der Waals surface area contributed by atoms with Gasteiger partial charge in [0.1, 0.15) is 5.75 Å². The molecule has 0 aromatic rings. The number of hydrogen-bond donors (Lipinski definition) is 2. The van der Waals surface area contributed by atoms with Gasteiger partial charge in [0.25, 0.3) is 0 Å². The van der Waals surface area contributed by atoms with E-state index in [1.807, 2.05) is 0 Å². The van der Waals surface area contributed by atoms with E-state index in [-0.39, 0.29) is 17.7 Å². The van der Waals surface area contributed by atoms with E-state index in [1.54, 1.807) is 11.9 Å². The second kappa shape index (κ2) is 5.43. The lowest BCUT2D eigenvalue weighted by Gasteiger charge is -2.31. The van der Waals surface area contributed by atoms with Gasteiger partial charge in [-0.05, 0) is 25.9 Å². The van der Waals surface area contributed by atoms with Gasteiger partial charge in [-0.15, -0.1) is 0 Å². The van der Waals surface area contributed by atoms with Crippen LogP contribution in [0.1, 0.15) is 12.8 Å². The molecule has 2 N–H and O–H groups in total. The zero-order valence-electron chi connectivity index (χ0n) is 8.23. The predicted octanol–water partition coefficient (Wildman–Crippen LogP) is -0.581. The summed E-state index contributed by atoms with van der Waals surface area (Å²) in [6, 6.07) is 0.215. The van der Waals surface area contributed by atoms with Crippen LogP contribution in [-0.2, 0) is 15.9 Å². The molecule has 1 unspecified atom stereocenters. The lowest BCUT2D eigenvalue weighted by atomic mass is 10.1. The average Bonchev–Trinajstić information content (AvgIpc) is 2.17. The lowest BCUT2D eigenvalue weighted by Crippen LogP contribution is -2.45. The van der Waals surface area contributed by atoms with Crippen molar-refractivity contribution in [1.29, 1.82) is 0 Å². The molecule has 0 aromatic heterocycles. The molecule has 0 bridgehead atoms. The fourth-order valence-electron chi connectivity index (χ4n) is 1.61. The van der Waals surface area contributed by atoms with Gasteiger partial charge in [-0.25, -0.2) is 4.21 Å². The Morgan fingerprint density at radius 1 is 1.57 bits per heavy atom. The van der Waals surface area contributed by atoms with Crippen LogP contribution in [0.15, 0.2) is 0 Å². The summed E-state index contributed by atoms with van der Waals surface area (Å²) in [4.78, 5) is 13.0. The minimum absolute atomic E-state index is 0.215. The van der Waals surface area contributed by atoms with Crippen molar-refractivity contribution in [2.45, 2.75) is 18.9 Å². The molecule has 0 radical (unpaired) electrons. The van der Waals surface area contributed by atoms with Gasteiger partial charge in [0.2, 0.25) is 5.91 Å². The van der Waals surface area contributed by atoms with Crippen LogP contribution in [0.3, 0.4) is 0 Å². The molecule has 0 aromatic carbocycles. The Bertz CT molecular complexity index is 229. The minimum Gasteiger partial charge on any atom is -0.342 e. The first-order chi connectivity index (χ1) is 6.61. The van der Waals surface area contributed by atoms with Gasteiger partial charge in [-0.2, -0.15) is 0 Å². The van der Waals surface area contributed by atoms with Gasteiger partial charge in [0.05, 0.1) is 0 Å². The Balaban J connectivity index is 2.41. The van der Waals surface area contributed by atoms with E-state index < -0.39 is 11.1 Å². The van der Waals surface area contributed by atoms with Gasteiger partial charge < -0.3 is 14.8 Å². The van der Waals surface area contributed by atoms with Crippen LogP contribution in [0.2, 0.25) is 0 Å². The lowest BCUT2D eigenvalue weighted by molar-refractivity contribution is -0.129. The van der Waals surface area contributed by atoms with E-state index in [2.05, 4.69) is 5.32 Å². The molecule has 1 amide bonds. The number of hydrogen-bond acceptors (Lipinski definition) is 3. The molecule has 1 aliphatic rings. The van der Waals surface area contributed by atoms with Gasteiger partial charge in [0.15, 0.2) is 11.1 Å². The fraction of sp³-hybridized carbons (Fsp3) is 0.875. The standard InChI is InChI=1S/C8H16N2O3S/c1-10(8(11)6-14(12)13)7-2-4-9-5-3-7/h7,9H,2-6H2,1H3,(H,12,13). The quantitative estimate of drug-likeness (QED) is 0.624. The molecule has 0 aliphatic carbocycles. The maximum Gasteiger partial charge on any atom is 0.237 e. The van der Waals surface area contributed by atoms with E-state index in [4.69, 9.17) is 4.55 Å². The van der Waals surface area contributed by atoms with Gasteiger partial charge >= 0.3 is 0 Å². The molecule has 1 atom stereocenters. The maximum absolute atomic E-state index is 11.4. The number of piperidine rings is 1. The maximum atomic E-state index is 11.4. The minimum atomic E-state index is -2.03. The largest absolute Gasteiger partial charge is 0.342 e. The Morgan fingerprint density at radius 2 is 2.14 bits per heavy atom. The molecular weight excluding hydrogens is 204 g/mol. The van der Waals surface area contributed by atoms with E-state index in [0.717, 1.165) is 25.9 Å². The molecule has 1 heterocycles. The van der Waals surface area contributed by atoms with E-state index in [1.165, 1.54) is 0 Å². The SMILES string of the molecule is CN(C(=O)CS(=O)O)C1CCNCC1. The molecule has 6 heteroatoms. The number of carbonyl (C=O) groups excluding carboxylic acids is 1. The first-order valence-corrected chi connectivity index (χ1v) is 5.92. The molecule has 1 fully saturated rings. The predicted molar refractivity (Wildman–Crippen MR) is 54.3 cm³/mol. The zero-order valence-corrected chi connectivity index (χ0v) is 9.05. The number of amides is 1. The zero-order chi connectivity index (χ0) is 10.6. The van der Waals surface area contributed by atoms with E-state index >= 15 is 0 Å². The second-order valence-electron chi connectivity index (χ2n) is 3.45. The molecule has 5 nitrogen and oxygen atoms in total. The normalized spacial score (nSPS) is 20.4. The second-order valence-corrected chi connectivity index (χ2v) is 4.38. The highest BCUT2D eigenvalue weighted by atomic mass is 32.2. The number of carbonyl (C=O) groups is 1. The molecule has 1 aliphatic heterocycles. The Morgan fingerprint density at radius 3 is 2.64 bits per heavy atom. The van der Waals surface area contributed by atoms with Crippen molar-refractivity contribution in [1.82, 2.24) is 10.2 Å². The molecule has 82 valence electrons. The van der Waals surface area contributed by atoms with Gasteiger partial charge in [0, 0.05) is 13.1 Å². The topological polar surface area (TPSA) is 69.6 Å². The van der Waals surface area contributed by atoms with Crippen molar-refractivity contribution in [3.05, 3.63) is 0 Å². The first kappa shape index (κ1) is 11.6. The van der Waals surface area contributed by atoms with Crippen LogP contribution in [0.4, 0.5) is 0 Å². The van der Waals surface area contributed by atoms with Gasteiger partial charge in [-0.3, -0.25) is 4.79 Å². The van der Waals surface area contributed by atoms with Crippen molar-refractivity contribution in [3.8, 4) is 0 Å². The third-order valence-electron chi connectivity index (χ3n) is 2.50. The van der Waals surface area contributed by atoms with Gasteiger partial charge in [-0.1, -0.05) is 0 Å². The van der Waals surface area contributed by atoms with Crippen LogP contribution in [0.25, 0.3) is 0 Å². The smallest absolute Gasteiger partial charge is 0.237 e. The summed E-state index contributed by atoms with van der Waals surface area (Å²) in [7, 11) is 1.70. The number of nitrogens with zero attached hydrogens (tertiary/aromatic N) is 1. The summed E-state index contributed by atoms with van der Waals surface area (Å²) < 4.78 is 19.0. The fourth-order valence-corrected chi connectivity index (χ4v) is 2.02. The van der Waals surface area contributed by atoms with Crippen LogP contribution in [-0.4, -0.2) is 51.5 Å². The van der Waals surface area contributed by atoms with Crippen LogP contribution >= 0.6 is 0 Å². The highest BCUT2D eigenvalue weighted by molar-refractivity contribution is 7.80. The van der Waals surface area contributed by atoms with Crippen LogP contribution < -0.4 is 5.32 Å². The highest BCUT2D eigenvalue weighted by Crippen LogP contribution is 2.09. The van der Waals surface area contributed by atoms with Crippen molar-refractivity contribution in [2.24, 2.45) is 0 Å². The molecule has 14 heavy (non-hydrogen) atoms. The summed E-state index contributed by atoms with van der Waals surface area (Å²) in [6.07, 6.45) is 1.83. The highest BCUT2D eigenvalue weighted by Gasteiger charge is 2.22. The molecule has 0 spiro atoms. The molecule has 1 rings (SSSR count). The number of nitrogens with one attached hydrogen (secondary N) is 1. The summed E-state index contributed by atoms with van der Waals surface area (Å²) in [5.74, 6) is -0.543. The molecule has 1 saturated heterocycles. The Labute approximate surface area is 86.1 Å². The van der Waals surface area contributed by atoms with Crippen molar-refractivity contribution in [3.63, 3.8) is 0 Å². The van der Waals surface area contributed by atoms with Crippen molar-refractivity contribution in [2.75, 3.05) is 25.9 Å². The summed E-state index contributed by atoms with van der Waals surface area (Å²) in [5.41, 5.74) is 0. The summed E-state index contributed by atoms with van der Waals surface area (Å²) in [6.45, 7) is 1.81. The van der Waals surface area contributed by atoms with E-state index in [0.29, 0.717) is 0 Å². The Hall–Kier alpha value is -0.460. The van der Waals surface area contributed by atoms with E-state index in [9.17, 15) is 9.00 Å². The summed E-state index contributed by atoms with van der Waals surface area (Å²) >= 11 is -2.03. The third kappa shape index (κ3) is 3.36. The average molecular weight is 220 g/mol. The van der Waals surface area contributed by atoms with Crippen LogP contribution in [0.5, 0.6) is 0 Å². The summed E-state index contributed by atoms with van der Waals surface area (Å²) in [5, 5.41) is 3.20. The molecular formula is C8H16N2O3S. The first-order valence-electron chi connectivity index (χ1n) is 4.65. The van der Waals surface area contributed by atoms with Crippen molar-refractivity contribution < 1.29 is 13.6 Å². The Kier molecular flexibility index (Phi) is 4.50. The van der Waals surface area contributed by atoms with Crippen LogP contribution in [0, 0.1) is 0 Å². The third-order valence-corrected chi connectivity index (χ3v) is 2.99. The molecule has 0 saturated carbocycles.